The SMILES string of the molecule is CCNc1nc(C2COCCO2)nc(CC)c1Br. The first-order chi connectivity index (χ1) is 8.76. The van der Waals surface area contributed by atoms with E-state index in [1.54, 1.807) is 0 Å². The summed E-state index contributed by atoms with van der Waals surface area (Å²) in [7, 11) is 0. The standard InChI is InChI=1S/C12H18BrN3O2/c1-3-8-10(13)12(14-4-2)16-11(15-8)9-7-17-5-6-18-9/h9H,3-7H2,1-2H3,(H,14,15,16). The van der Waals surface area contributed by atoms with E-state index in [-0.39, 0.29) is 6.10 Å². The van der Waals surface area contributed by atoms with E-state index in [0.29, 0.717) is 25.6 Å². The number of nitrogens with zero attached hydrogens (tertiary/aromatic N) is 2. The third kappa shape index (κ3) is 2.99. The quantitative estimate of drug-likeness (QED) is 0.924. The van der Waals surface area contributed by atoms with Crippen LogP contribution in [0.5, 0.6) is 0 Å². The lowest BCUT2D eigenvalue weighted by Crippen LogP contribution is -2.24. The summed E-state index contributed by atoms with van der Waals surface area (Å²) in [6.45, 7) is 6.71. The highest BCUT2D eigenvalue weighted by Gasteiger charge is 2.22. The van der Waals surface area contributed by atoms with Crippen LogP contribution in [-0.2, 0) is 15.9 Å². The maximum atomic E-state index is 5.64. The second kappa shape index (κ2) is 6.45. The number of hydrogen-bond acceptors (Lipinski definition) is 5. The van der Waals surface area contributed by atoms with E-state index in [0.717, 1.165) is 29.0 Å². The highest BCUT2D eigenvalue weighted by Crippen LogP contribution is 2.27. The van der Waals surface area contributed by atoms with Gasteiger partial charge in [-0.05, 0) is 29.3 Å². The minimum Gasteiger partial charge on any atom is -0.376 e. The van der Waals surface area contributed by atoms with Gasteiger partial charge in [-0.25, -0.2) is 9.97 Å². The Balaban J connectivity index is 2.31. The zero-order chi connectivity index (χ0) is 13.0. The van der Waals surface area contributed by atoms with Gasteiger partial charge in [-0.3, -0.25) is 0 Å². The van der Waals surface area contributed by atoms with Gasteiger partial charge in [0.25, 0.3) is 0 Å². The molecule has 1 unspecified atom stereocenters. The second-order valence-corrected chi connectivity index (χ2v) is 4.80. The van der Waals surface area contributed by atoms with Gasteiger partial charge in [-0.15, -0.1) is 0 Å². The van der Waals surface area contributed by atoms with E-state index in [4.69, 9.17) is 9.47 Å². The third-order valence-electron chi connectivity index (χ3n) is 2.72. The summed E-state index contributed by atoms with van der Waals surface area (Å²) in [4.78, 5) is 9.07. The van der Waals surface area contributed by atoms with Crippen molar-refractivity contribution >= 4 is 21.7 Å². The van der Waals surface area contributed by atoms with E-state index < -0.39 is 0 Å². The molecule has 0 bridgehead atoms. The van der Waals surface area contributed by atoms with Crippen LogP contribution in [-0.4, -0.2) is 36.3 Å². The zero-order valence-electron chi connectivity index (χ0n) is 10.7. The topological polar surface area (TPSA) is 56.3 Å². The molecule has 0 saturated carbocycles. The van der Waals surface area contributed by atoms with Crippen molar-refractivity contribution in [1.82, 2.24) is 9.97 Å². The third-order valence-corrected chi connectivity index (χ3v) is 3.55. The molecular weight excluding hydrogens is 298 g/mol. The maximum Gasteiger partial charge on any atom is 0.162 e. The van der Waals surface area contributed by atoms with Crippen LogP contribution < -0.4 is 5.32 Å². The lowest BCUT2D eigenvalue weighted by atomic mass is 10.2. The number of ether oxygens (including phenoxy) is 2. The number of rotatable bonds is 4. The predicted molar refractivity (Wildman–Crippen MR) is 72.8 cm³/mol. The Morgan fingerprint density at radius 3 is 2.78 bits per heavy atom. The monoisotopic (exact) mass is 315 g/mol. The molecule has 0 radical (unpaired) electrons. The van der Waals surface area contributed by atoms with Gasteiger partial charge in [0.05, 0.1) is 30.0 Å². The summed E-state index contributed by atoms with van der Waals surface area (Å²) >= 11 is 3.54. The van der Waals surface area contributed by atoms with Crippen LogP contribution in [0.4, 0.5) is 5.82 Å². The van der Waals surface area contributed by atoms with Crippen molar-refractivity contribution in [3.05, 3.63) is 16.0 Å². The van der Waals surface area contributed by atoms with Gasteiger partial charge in [0.15, 0.2) is 5.82 Å². The molecule has 1 aromatic heterocycles. The summed E-state index contributed by atoms with van der Waals surface area (Å²) in [5.41, 5.74) is 0.991. The van der Waals surface area contributed by atoms with E-state index >= 15 is 0 Å². The van der Waals surface area contributed by atoms with E-state index in [2.05, 4.69) is 38.1 Å². The molecule has 18 heavy (non-hydrogen) atoms. The molecule has 1 N–H and O–H groups in total. The number of anilines is 1. The smallest absolute Gasteiger partial charge is 0.162 e. The zero-order valence-corrected chi connectivity index (χ0v) is 12.3. The van der Waals surface area contributed by atoms with Crippen molar-refractivity contribution in [2.45, 2.75) is 26.4 Å². The molecule has 1 saturated heterocycles. The molecule has 0 spiro atoms. The normalized spacial score (nSPS) is 19.8. The van der Waals surface area contributed by atoms with E-state index in [1.165, 1.54) is 0 Å². The molecule has 0 aliphatic carbocycles. The Hall–Kier alpha value is -0.720. The van der Waals surface area contributed by atoms with Gasteiger partial charge < -0.3 is 14.8 Å². The lowest BCUT2D eigenvalue weighted by Gasteiger charge is -2.23. The highest BCUT2D eigenvalue weighted by atomic mass is 79.9. The minimum absolute atomic E-state index is 0.158. The average molecular weight is 316 g/mol. The Morgan fingerprint density at radius 2 is 2.17 bits per heavy atom. The molecule has 1 aromatic rings. The maximum absolute atomic E-state index is 5.64. The van der Waals surface area contributed by atoms with Gasteiger partial charge in [-0.1, -0.05) is 6.92 Å². The molecule has 0 amide bonds. The first kappa shape index (κ1) is 13.7. The molecule has 100 valence electrons. The Labute approximate surface area is 115 Å². The number of nitrogens with one attached hydrogen (secondary N) is 1. The highest BCUT2D eigenvalue weighted by molar-refractivity contribution is 9.10. The summed E-state index contributed by atoms with van der Waals surface area (Å²) in [6, 6.07) is 0. The minimum atomic E-state index is -0.158. The molecule has 2 rings (SSSR count). The molecule has 1 atom stereocenters. The van der Waals surface area contributed by atoms with E-state index in [9.17, 15) is 0 Å². The van der Waals surface area contributed by atoms with Crippen molar-refractivity contribution < 1.29 is 9.47 Å². The fourth-order valence-corrected chi connectivity index (χ4v) is 2.41. The van der Waals surface area contributed by atoms with Crippen molar-refractivity contribution in [2.24, 2.45) is 0 Å². The Bertz CT molecular complexity index is 409. The molecule has 1 fully saturated rings. The fraction of sp³-hybridized carbons (Fsp3) is 0.667. The lowest BCUT2D eigenvalue weighted by molar-refractivity contribution is -0.0935. The summed E-state index contributed by atoms with van der Waals surface area (Å²) < 4.78 is 12.0. The largest absolute Gasteiger partial charge is 0.376 e. The van der Waals surface area contributed by atoms with Crippen LogP contribution in [0, 0.1) is 0 Å². The van der Waals surface area contributed by atoms with Crippen molar-refractivity contribution in [3.8, 4) is 0 Å². The molecule has 2 heterocycles. The number of aryl methyl sites for hydroxylation is 1. The molecule has 0 aromatic carbocycles. The van der Waals surface area contributed by atoms with Crippen LogP contribution in [0.15, 0.2) is 4.47 Å². The van der Waals surface area contributed by atoms with Crippen molar-refractivity contribution in [3.63, 3.8) is 0 Å². The van der Waals surface area contributed by atoms with Gasteiger partial charge in [0.2, 0.25) is 0 Å². The van der Waals surface area contributed by atoms with Gasteiger partial charge in [-0.2, -0.15) is 0 Å². The summed E-state index contributed by atoms with van der Waals surface area (Å²) in [6.07, 6.45) is 0.691. The molecule has 6 heteroatoms. The summed E-state index contributed by atoms with van der Waals surface area (Å²) in [5.74, 6) is 1.53. The van der Waals surface area contributed by atoms with Crippen molar-refractivity contribution in [1.29, 1.82) is 0 Å². The Kier molecular flexibility index (Phi) is 4.91. The van der Waals surface area contributed by atoms with Gasteiger partial charge in [0, 0.05) is 6.54 Å². The van der Waals surface area contributed by atoms with Crippen LogP contribution in [0.2, 0.25) is 0 Å². The van der Waals surface area contributed by atoms with Gasteiger partial charge >= 0.3 is 0 Å². The van der Waals surface area contributed by atoms with Crippen LogP contribution in [0.3, 0.4) is 0 Å². The molecule has 5 nitrogen and oxygen atoms in total. The molecular formula is C12H18BrN3O2. The van der Waals surface area contributed by atoms with E-state index in [1.807, 2.05) is 6.92 Å². The van der Waals surface area contributed by atoms with Crippen molar-refractivity contribution in [2.75, 3.05) is 31.7 Å². The van der Waals surface area contributed by atoms with Crippen LogP contribution >= 0.6 is 15.9 Å². The second-order valence-electron chi connectivity index (χ2n) is 4.01. The average Bonchev–Trinajstić information content (AvgIpc) is 2.42. The first-order valence-corrected chi connectivity index (χ1v) is 7.05. The Morgan fingerprint density at radius 1 is 1.33 bits per heavy atom. The number of hydrogen-bond donors (Lipinski definition) is 1. The predicted octanol–water partition coefficient (Wildman–Crippen LogP) is 2.32. The number of aromatic nitrogens is 2. The number of halogens is 1. The van der Waals surface area contributed by atoms with Crippen LogP contribution in [0.1, 0.15) is 31.5 Å². The first-order valence-electron chi connectivity index (χ1n) is 6.25. The van der Waals surface area contributed by atoms with Gasteiger partial charge in [0.1, 0.15) is 11.9 Å². The van der Waals surface area contributed by atoms with Crippen LogP contribution in [0.25, 0.3) is 0 Å². The molecule has 1 aliphatic rings. The fourth-order valence-electron chi connectivity index (χ4n) is 1.81. The molecule has 1 aliphatic heterocycles. The summed E-state index contributed by atoms with van der Waals surface area (Å²) in [5, 5.41) is 3.24.